The zero-order valence-electron chi connectivity index (χ0n) is 13.0. The average Bonchev–Trinajstić information content (AvgIpc) is 2.81. The summed E-state index contributed by atoms with van der Waals surface area (Å²) in [5.74, 6) is 0.438. The van der Waals surface area contributed by atoms with Crippen LogP contribution >= 0.6 is 0 Å². The number of anilines is 2. The zero-order valence-corrected chi connectivity index (χ0v) is 13.0. The summed E-state index contributed by atoms with van der Waals surface area (Å²) in [5.41, 5.74) is 10.8. The Morgan fingerprint density at radius 3 is 2.77 bits per heavy atom. The number of halogens is 1. The summed E-state index contributed by atoms with van der Waals surface area (Å²) >= 11 is 0. The second-order valence-electron chi connectivity index (χ2n) is 5.88. The highest BCUT2D eigenvalue weighted by Crippen LogP contribution is 2.36. The van der Waals surface area contributed by atoms with E-state index in [1.54, 1.807) is 0 Å². The molecule has 0 amide bonds. The molecule has 0 saturated heterocycles. The molecule has 2 atom stereocenters. The van der Waals surface area contributed by atoms with Gasteiger partial charge < -0.3 is 11.1 Å². The molecule has 0 saturated carbocycles. The molecule has 116 valence electrons. The van der Waals surface area contributed by atoms with Gasteiger partial charge in [0.05, 0.1) is 6.04 Å². The molecule has 1 aromatic heterocycles. The minimum Gasteiger partial charge on any atom is -0.368 e. The molecular weight excluding hydrogens is 281 g/mol. The van der Waals surface area contributed by atoms with E-state index in [2.05, 4.69) is 46.2 Å². The maximum Gasteiger partial charge on any atom is 0.228 e. The van der Waals surface area contributed by atoms with Gasteiger partial charge in [0.15, 0.2) is 12.0 Å². The second-order valence-corrected chi connectivity index (χ2v) is 5.88. The van der Waals surface area contributed by atoms with Crippen molar-refractivity contribution >= 4 is 11.9 Å². The van der Waals surface area contributed by atoms with Crippen molar-refractivity contribution in [3.63, 3.8) is 0 Å². The first kappa shape index (κ1) is 14.7. The lowest BCUT2D eigenvalue weighted by atomic mass is 10.00. The van der Waals surface area contributed by atoms with Crippen LogP contribution in [0.4, 0.5) is 16.3 Å². The van der Waals surface area contributed by atoms with Crippen LogP contribution in [-0.2, 0) is 6.42 Å². The number of nitrogens with two attached hydrogens (primary N) is 1. The van der Waals surface area contributed by atoms with Crippen LogP contribution < -0.4 is 11.1 Å². The van der Waals surface area contributed by atoms with E-state index in [9.17, 15) is 4.39 Å². The van der Waals surface area contributed by atoms with Gasteiger partial charge in [-0.25, -0.2) is 4.39 Å². The molecule has 1 heterocycles. The van der Waals surface area contributed by atoms with E-state index in [1.165, 1.54) is 29.2 Å². The predicted molar refractivity (Wildman–Crippen MR) is 84.4 cm³/mol. The summed E-state index contributed by atoms with van der Waals surface area (Å²) in [4.78, 5) is 12.0. The number of nitrogens with zero attached hydrogens (tertiary/aromatic N) is 3. The SMILES string of the molecule is Cc1cc(C)c2c(c1)[C@H](Nc1nc(N)nc(C(C)F)n1)CC2. The highest BCUT2D eigenvalue weighted by molar-refractivity contribution is 5.47. The zero-order chi connectivity index (χ0) is 15.9. The fourth-order valence-electron chi connectivity index (χ4n) is 3.08. The second kappa shape index (κ2) is 5.51. The van der Waals surface area contributed by atoms with Gasteiger partial charge in [0, 0.05) is 0 Å². The first-order valence-corrected chi connectivity index (χ1v) is 7.46. The van der Waals surface area contributed by atoms with Gasteiger partial charge in [-0.3, -0.25) is 0 Å². The molecule has 1 aliphatic rings. The molecule has 1 aliphatic carbocycles. The third kappa shape index (κ3) is 2.73. The van der Waals surface area contributed by atoms with E-state index in [-0.39, 0.29) is 17.8 Å². The smallest absolute Gasteiger partial charge is 0.228 e. The summed E-state index contributed by atoms with van der Waals surface area (Å²) in [6, 6.07) is 4.51. The Bertz CT molecular complexity index is 714. The highest BCUT2D eigenvalue weighted by atomic mass is 19.1. The lowest BCUT2D eigenvalue weighted by molar-refractivity contribution is 0.356. The van der Waals surface area contributed by atoms with Gasteiger partial charge in [0.2, 0.25) is 11.9 Å². The van der Waals surface area contributed by atoms with E-state index in [1.807, 2.05) is 0 Å². The van der Waals surface area contributed by atoms with Crippen LogP contribution in [0.25, 0.3) is 0 Å². The third-order valence-corrected chi connectivity index (χ3v) is 4.04. The number of nitrogen functional groups attached to an aromatic ring is 1. The number of nitrogens with one attached hydrogen (secondary N) is 1. The quantitative estimate of drug-likeness (QED) is 0.910. The molecule has 0 fully saturated rings. The molecule has 22 heavy (non-hydrogen) atoms. The maximum absolute atomic E-state index is 13.4. The Balaban J connectivity index is 1.91. The van der Waals surface area contributed by atoms with Crippen LogP contribution in [0.15, 0.2) is 12.1 Å². The summed E-state index contributed by atoms with van der Waals surface area (Å²) < 4.78 is 13.4. The van der Waals surface area contributed by atoms with Crippen molar-refractivity contribution in [1.82, 2.24) is 15.0 Å². The normalized spacial score (nSPS) is 18.1. The topological polar surface area (TPSA) is 76.7 Å². The monoisotopic (exact) mass is 301 g/mol. The summed E-state index contributed by atoms with van der Waals surface area (Å²) in [7, 11) is 0. The molecule has 0 radical (unpaired) electrons. The molecule has 3 rings (SSSR count). The summed E-state index contributed by atoms with van der Waals surface area (Å²) in [6.45, 7) is 5.61. The van der Waals surface area contributed by atoms with Crippen molar-refractivity contribution in [3.8, 4) is 0 Å². The molecule has 6 heteroatoms. The van der Waals surface area contributed by atoms with Crippen molar-refractivity contribution in [2.45, 2.75) is 45.8 Å². The Hall–Kier alpha value is -2.24. The summed E-state index contributed by atoms with van der Waals surface area (Å²) in [6.07, 6.45) is 0.712. The van der Waals surface area contributed by atoms with Gasteiger partial charge in [0.25, 0.3) is 0 Å². The summed E-state index contributed by atoms with van der Waals surface area (Å²) in [5, 5.41) is 3.28. The fraction of sp³-hybridized carbons (Fsp3) is 0.438. The molecule has 0 spiro atoms. The highest BCUT2D eigenvalue weighted by Gasteiger charge is 2.25. The molecule has 3 N–H and O–H groups in total. The van der Waals surface area contributed by atoms with Gasteiger partial charge >= 0.3 is 0 Å². The van der Waals surface area contributed by atoms with Crippen LogP contribution in [0, 0.1) is 13.8 Å². The van der Waals surface area contributed by atoms with Crippen molar-refractivity contribution in [2.75, 3.05) is 11.1 Å². The molecule has 5 nitrogen and oxygen atoms in total. The third-order valence-electron chi connectivity index (χ3n) is 4.04. The number of aromatic nitrogens is 3. The number of rotatable bonds is 3. The van der Waals surface area contributed by atoms with E-state index < -0.39 is 6.17 Å². The van der Waals surface area contributed by atoms with E-state index >= 15 is 0 Å². The first-order chi connectivity index (χ1) is 10.4. The number of aryl methyl sites for hydroxylation is 2. The number of hydrogen-bond donors (Lipinski definition) is 2. The Kier molecular flexibility index (Phi) is 3.68. The lowest BCUT2D eigenvalue weighted by Crippen LogP contribution is -2.14. The van der Waals surface area contributed by atoms with Gasteiger partial charge in [-0.2, -0.15) is 15.0 Å². The van der Waals surface area contributed by atoms with Gasteiger partial charge in [-0.15, -0.1) is 0 Å². The molecule has 0 bridgehead atoms. The number of fused-ring (bicyclic) bond motifs is 1. The largest absolute Gasteiger partial charge is 0.368 e. The minimum atomic E-state index is -1.27. The first-order valence-electron chi connectivity index (χ1n) is 7.46. The van der Waals surface area contributed by atoms with Crippen molar-refractivity contribution < 1.29 is 4.39 Å². The molecule has 0 aliphatic heterocycles. The number of hydrogen-bond acceptors (Lipinski definition) is 5. The van der Waals surface area contributed by atoms with Crippen LogP contribution in [0.2, 0.25) is 0 Å². The Morgan fingerprint density at radius 2 is 2.05 bits per heavy atom. The average molecular weight is 301 g/mol. The van der Waals surface area contributed by atoms with E-state index in [0.29, 0.717) is 5.95 Å². The van der Waals surface area contributed by atoms with Crippen LogP contribution in [0.1, 0.15) is 53.6 Å². The van der Waals surface area contributed by atoms with Gasteiger partial charge in [-0.05, 0) is 50.3 Å². The Morgan fingerprint density at radius 1 is 1.27 bits per heavy atom. The van der Waals surface area contributed by atoms with Crippen molar-refractivity contribution in [2.24, 2.45) is 0 Å². The fourth-order valence-corrected chi connectivity index (χ4v) is 3.08. The van der Waals surface area contributed by atoms with Crippen LogP contribution in [-0.4, -0.2) is 15.0 Å². The van der Waals surface area contributed by atoms with Crippen molar-refractivity contribution in [3.05, 3.63) is 40.2 Å². The lowest BCUT2D eigenvalue weighted by Gasteiger charge is -2.16. The van der Waals surface area contributed by atoms with E-state index in [4.69, 9.17) is 5.73 Å². The van der Waals surface area contributed by atoms with Crippen molar-refractivity contribution in [1.29, 1.82) is 0 Å². The number of benzene rings is 1. The predicted octanol–water partition coefficient (Wildman–Crippen LogP) is 3.20. The molecule has 1 unspecified atom stereocenters. The van der Waals surface area contributed by atoms with Crippen LogP contribution in [0.3, 0.4) is 0 Å². The maximum atomic E-state index is 13.4. The molecule has 2 aromatic rings. The molecule has 1 aromatic carbocycles. The van der Waals surface area contributed by atoms with E-state index in [0.717, 1.165) is 12.8 Å². The Labute approximate surface area is 129 Å². The standard InChI is InChI=1S/C16H20FN5/c1-8-6-9(2)11-4-5-13(12(11)7-8)19-16-21-14(10(3)17)20-15(18)22-16/h6-7,10,13H,4-5H2,1-3H3,(H3,18,19,20,21,22)/t10?,13-/m1/s1. The molecular formula is C16H20FN5. The minimum absolute atomic E-state index is 0.0376. The van der Waals surface area contributed by atoms with Gasteiger partial charge in [-0.1, -0.05) is 17.7 Å². The van der Waals surface area contributed by atoms with Gasteiger partial charge in [0.1, 0.15) is 0 Å². The number of alkyl halides is 1. The van der Waals surface area contributed by atoms with Crippen LogP contribution in [0.5, 0.6) is 0 Å².